The molecule has 10 heteroatoms. The van der Waals surface area contributed by atoms with Crippen molar-refractivity contribution in [3.63, 3.8) is 0 Å². The highest BCUT2D eigenvalue weighted by molar-refractivity contribution is 5.92. The van der Waals surface area contributed by atoms with Crippen LogP contribution in [-0.4, -0.2) is 29.0 Å². The van der Waals surface area contributed by atoms with Crippen LogP contribution in [0.15, 0.2) is 29.1 Å². The van der Waals surface area contributed by atoms with Gasteiger partial charge in [0.25, 0.3) is 0 Å². The zero-order valence-electron chi connectivity index (χ0n) is 13.3. The molecule has 2 aromatic rings. The molecule has 4 N–H and O–H groups in total. The van der Waals surface area contributed by atoms with Gasteiger partial charge in [-0.15, -0.1) is 0 Å². The van der Waals surface area contributed by atoms with Crippen molar-refractivity contribution >= 4 is 23.2 Å². The summed E-state index contributed by atoms with van der Waals surface area (Å²) >= 11 is 0. The Labute approximate surface area is 143 Å². The summed E-state index contributed by atoms with van der Waals surface area (Å²) in [6, 6.07) is 7.19. The molecule has 0 aliphatic carbocycles. The first-order chi connectivity index (χ1) is 12.2. The van der Waals surface area contributed by atoms with Crippen molar-refractivity contribution in [2.24, 2.45) is 0 Å². The summed E-state index contributed by atoms with van der Waals surface area (Å²) in [5, 5.41) is 17.5. The Morgan fingerprint density at radius 1 is 1.28 bits per heavy atom. The van der Waals surface area contributed by atoms with Gasteiger partial charge in [-0.3, -0.25) is 15.6 Å². The summed E-state index contributed by atoms with van der Waals surface area (Å²) in [6.45, 7) is 0.745. The first kappa shape index (κ1) is 17.6. The fraction of sp³-hybridized carbons (Fsp3) is 0.267. The van der Waals surface area contributed by atoms with Crippen molar-refractivity contribution in [1.82, 2.24) is 15.4 Å². The zero-order chi connectivity index (χ0) is 18.1. The number of nitrogens with two attached hydrogens (primary N) is 1. The van der Waals surface area contributed by atoms with Crippen molar-refractivity contribution in [1.29, 1.82) is 10.5 Å². The number of nitriles is 2. The lowest BCUT2D eigenvalue weighted by molar-refractivity contribution is 0.0935. The van der Waals surface area contributed by atoms with E-state index >= 15 is 0 Å². The maximum absolute atomic E-state index is 11.9. The van der Waals surface area contributed by atoms with E-state index in [0.29, 0.717) is 18.9 Å². The predicted molar refractivity (Wildman–Crippen MR) is 88.9 cm³/mol. The highest BCUT2D eigenvalue weighted by Gasteiger charge is 2.16. The monoisotopic (exact) mass is 340 g/mol. The van der Waals surface area contributed by atoms with Crippen LogP contribution in [0.2, 0.25) is 0 Å². The molecular formula is C15H16N8O2. The van der Waals surface area contributed by atoms with E-state index in [-0.39, 0.29) is 30.1 Å². The third kappa shape index (κ3) is 4.59. The van der Waals surface area contributed by atoms with Crippen LogP contribution in [0.1, 0.15) is 23.4 Å². The van der Waals surface area contributed by atoms with E-state index in [0.717, 1.165) is 0 Å². The van der Waals surface area contributed by atoms with Crippen LogP contribution in [0.25, 0.3) is 0 Å². The molecular weight excluding hydrogens is 324 g/mol. The SMILES string of the molecule is N#CCCN(CCC#N)c1ncnc(NNC(=O)c2ccco2)c1N. The molecule has 0 unspecified atom stereocenters. The number of carbonyl (C=O) groups excluding carboxylic acids is 1. The van der Waals surface area contributed by atoms with E-state index in [1.807, 2.05) is 12.1 Å². The van der Waals surface area contributed by atoms with Gasteiger partial charge in [0.05, 0.1) is 31.2 Å². The molecule has 25 heavy (non-hydrogen) atoms. The van der Waals surface area contributed by atoms with Gasteiger partial charge in [0.1, 0.15) is 12.0 Å². The Morgan fingerprint density at radius 2 is 2.00 bits per heavy atom. The van der Waals surface area contributed by atoms with Crippen molar-refractivity contribution < 1.29 is 9.21 Å². The van der Waals surface area contributed by atoms with Crippen molar-refractivity contribution in [2.75, 3.05) is 29.1 Å². The highest BCUT2D eigenvalue weighted by Crippen LogP contribution is 2.26. The largest absolute Gasteiger partial charge is 0.459 e. The third-order valence-electron chi connectivity index (χ3n) is 3.19. The zero-order valence-corrected chi connectivity index (χ0v) is 13.3. The summed E-state index contributed by atoms with van der Waals surface area (Å²) in [5.41, 5.74) is 11.3. The topological polar surface area (TPSA) is 157 Å². The van der Waals surface area contributed by atoms with Gasteiger partial charge in [0.2, 0.25) is 0 Å². The lowest BCUT2D eigenvalue weighted by Gasteiger charge is -2.23. The second kappa shape index (κ2) is 8.74. The first-order valence-electron chi connectivity index (χ1n) is 7.36. The molecule has 2 aromatic heterocycles. The fourth-order valence-corrected chi connectivity index (χ4v) is 2.02. The molecule has 0 saturated carbocycles. The number of amides is 1. The summed E-state index contributed by atoms with van der Waals surface area (Å²) < 4.78 is 4.98. The normalized spacial score (nSPS) is 9.68. The average Bonchev–Trinajstić information content (AvgIpc) is 3.16. The molecule has 0 aliphatic rings. The van der Waals surface area contributed by atoms with Gasteiger partial charge in [0.15, 0.2) is 17.4 Å². The molecule has 0 bridgehead atoms. The van der Waals surface area contributed by atoms with E-state index in [1.165, 1.54) is 18.7 Å². The van der Waals surface area contributed by atoms with Crippen LogP contribution < -0.4 is 21.5 Å². The number of nitrogens with zero attached hydrogens (tertiary/aromatic N) is 5. The molecule has 1 amide bonds. The number of rotatable bonds is 8. The Morgan fingerprint density at radius 3 is 2.60 bits per heavy atom. The molecule has 0 aromatic carbocycles. The van der Waals surface area contributed by atoms with Crippen LogP contribution in [0.4, 0.5) is 17.3 Å². The molecule has 128 valence electrons. The van der Waals surface area contributed by atoms with Gasteiger partial charge >= 0.3 is 5.91 Å². The Balaban J connectivity index is 2.12. The van der Waals surface area contributed by atoms with Crippen LogP contribution in [0.3, 0.4) is 0 Å². The standard InChI is InChI=1S/C15H16N8O2/c16-5-2-7-23(8-3-6-17)14-12(18)13(19-10-20-14)21-22-15(24)11-4-1-9-25-11/h1,4,9-10H,2-3,7-8,18H2,(H,22,24)(H,19,20,21). The van der Waals surface area contributed by atoms with Crippen LogP contribution in [0.5, 0.6) is 0 Å². The molecule has 0 atom stereocenters. The quantitative estimate of drug-likeness (QED) is 0.597. The number of furan rings is 1. The Bertz CT molecular complexity index is 773. The smallest absolute Gasteiger partial charge is 0.305 e. The minimum absolute atomic E-state index is 0.130. The summed E-state index contributed by atoms with van der Waals surface area (Å²) in [5.74, 6) is 0.222. The van der Waals surface area contributed by atoms with Gasteiger partial charge in [-0.2, -0.15) is 10.5 Å². The van der Waals surface area contributed by atoms with Gasteiger partial charge in [-0.1, -0.05) is 0 Å². The summed E-state index contributed by atoms with van der Waals surface area (Å²) in [6.07, 6.45) is 3.17. The van der Waals surface area contributed by atoms with E-state index < -0.39 is 5.91 Å². The third-order valence-corrected chi connectivity index (χ3v) is 3.19. The van der Waals surface area contributed by atoms with Gasteiger partial charge in [-0.05, 0) is 12.1 Å². The number of aromatic nitrogens is 2. The molecule has 10 nitrogen and oxygen atoms in total. The number of nitrogens with one attached hydrogen (secondary N) is 2. The molecule has 0 aliphatic heterocycles. The molecule has 0 radical (unpaired) electrons. The van der Waals surface area contributed by atoms with E-state index in [2.05, 4.69) is 20.8 Å². The van der Waals surface area contributed by atoms with Gasteiger partial charge in [-0.25, -0.2) is 9.97 Å². The van der Waals surface area contributed by atoms with Crippen molar-refractivity contribution in [3.05, 3.63) is 30.5 Å². The highest BCUT2D eigenvalue weighted by atomic mass is 16.3. The van der Waals surface area contributed by atoms with Gasteiger partial charge < -0.3 is 15.1 Å². The number of hydrogen-bond donors (Lipinski definition) is 3. The Hall–Kier alpha value is -3.79. The number of carbonyl (C=O) groups is 1. The van der Waals surface area contributed by atoms with E-state index in [4.69, 9.17) is 20.7 Å². The van der Waals surface area contributed by atoms with Crippen LogP contribution >= 0.6 is 0 Å². The second-order valence-corrected chi connectivity index (χ2v) is 4.82. The summed E-state index contributed by atoms with van der Waals surface area (Å²) in [4.78, 5) is 21.7. The lowest BCUT2D eigenvalue weighted by Crippen LogP contribution is -2.31. The predicted octanol–water partition coefficient (Wildman–Crippen LogP) is 1.04. The number of anilines is 3. The van der Waals surface area contributed by atoms with E-state index in [1.54, 1.807) is 11.0 Å². The lowest BCUT2D eigenvalue weighted by atomic mass is 10.3. The number of hydrogen-bond acceptors (Lipinski definition) is 9. The minimum atomic E-state index is -0.490. The average molecular weight is 340 g/mol. The fourth-order valence-electron chi connectivity index (χ4n) is 2.02. The molecule has 0 fully saturated rings. The minimum Gasteiger partial charge on any atom is -0.459 e. The molecule has 2 rings (SSSR count). The van der Waals surface area contributed by atoms with E-state index in [9.17, 15) is 4.79 Å². The molecule has 2 heterocycles. The Kier molecular flexibility index (Phi) is 6.14. The number of hydrazine groups is 1. The van der Waals surface area contributed by atoms with Crippen molar-refractivity contribution in [2.45, 2.75) is 12.8 Å². The maximum atomic E-state index is 11.9. The number of nitrogen functional groups attached to an aromatic ring is 1. The maximum Gasteiger partial charge on any atom is 0.305 e. The molecule has 0 saturated heterocycles. The van der Waals surface area contributed by atoms with Gasteiger partial charge in [0, 0.05) is 13.1 Å². The van der Waals surface area contributed by atoms with Crippen LogP contribution in [-0.2, 0) is 0 Å². The van der Waals surface area contributed by atoms with Crippen LogP contribution in [0, 0.1) is 22.7 Å². The molecule has 0 spiro atoms. The second-order valence-electron chi connectivity index (χ2n) is 4.82. The van der Waals surface area contributed by atoms with Crippen molar-refractivity contribution in [3.8, 4) is 12.1 Å². The first-order valence-corrected chi connectivity index (χ1v) is 7.36. The summed E-state index contributed by atoms with van der Waals surface area (Å²) in [7, 11) is 0.